The minimum atomic E-state index is -1.03. The van der Waals surface area contributed by atoms with Crippen molar-refractivity contribution in [3.05, 3.63) is 88.3 Å². The molecule has 4 rings (SSSR count). The second kappa shape index (κ2) is 7.80. The molecule has 8 heteroatoms. The monoisotopic (exact) mass is 413 g/mol. The van der Waals surface area contributed by atoms with Gasteiger partial charge in [0.15, 0.2) is 0 Å². The molecule has 0 spiro atoms. The number of nitriles is 1. The van der Waals surface area contributed by atoms with Crippen LogP contribution in [0.2, 0.25) is 0 Å². The summed E-state index contributed by atoms with van der Waals surface area (Å²) in [5.41, 5.74) is 3.79. The van der Waals surface area contributed by atoms with Gasteiger partial charge >= 0.3 is 5.97 Å². The van der Waals surface area contributed by atoms with E-state index < -0.39 is 12.0 Å². The number of aryl methyl sites for hydroxylation is 1. The number of aromatic carboxylic acids is 1. The number of carboxylic acids is 1. The van der Waals surface area contributed by atoms with Crippen molar-refractivity contribution in [1.29, 1.82) is 5.26 Å². The molecule has 2 aromatic carbocycles. The highest BCUT2D eigenvalue weighted by Crippen LogP contribution is 2.37. The van der Waals surface area contributed by atoms with Crippen molar-refractivity contribution in [2.45, 2.75) is 19.9 Å². The average Bonchev–Trinajstić information content (AvgIpc) is 3.16. The van der Waals surface area contributed by atoms with Gasteiger partial charge in [-0.25, -0.2) is 9.48 Å². The summed E-state index contributed by atoms with van der Waals surface area (Å²) < 4.78 is 1.58. The predicted molar refractivity (Wildman–Crippen MR) is 115 cm³/mol. The molecule has 2 heterocycles. The third-order valence-corrected chi connectivity index (χ3v) is 5.26. The molecular weight excluding hydrogens is 394 g/mol. The Morgan fingerprint density at radius 1 is 1.16 bits per heavy atom. The van der Waals surface area contributed by atoms with Crippen molar-refractivity contribution in [2.75, 3.05) is 10.6 Å². The number of aromatic nitrogens is 2. The molecule has 3 N–H and O–H groups in total. The van der Waals surface area contributed by atoms with Gasteiger partial charge in [0.2, 0.25) is 0 Å². The standard InChI is InChI=1S/C23H19N5O3/c1-13-5-3-4-6-18(13)27-22(29)19-14(2)26-21-17(11-24)12-25-28(21)20(19)15-7-9-16(10-8-15)23(30)31/h3-10,12,20,26H,1-2H3,(H,27,29)(H,30,31)/t20-/m1/s1. The molecule has 154 valence electrons. The van der Waals surface area contributed by atoms with Gasteiger partial charge in [-0.3, -0.25) is 4.79 Å². The Bertz CT molecular complexity index is 1270. The lowest BCUT2D eigenvalue weighted by Crippen LogP contribution is -2.31. The molecule has 0 aliphatic carbocycles. The van der Waals surface area contributed by atoms with Crippen molar-refractivity contribution >= 4 is 23.4 Å². The van der Waals surface area contributed by atoms with Crippen LogP contribution in [0.5, 0.6) is 0 Å². The van der Waals surface area contributed by atoms with Crippen LogP contribution in [0.3, 0.4) is 0 Å². The van der Waals surface area contributed by atoms with Crippen LogP contribution in [-0.4, -0.2) is 26.8 Å². The van der Waals surface area contributed by atoms with Crippen LogP contribution >= 0.6 is 0 Å². The van der Waals surface area contributed by atoms with Crippen LogP contribution in [0.15, 0.2) is 66.0 Å². The van der Waals surface area contributed by atoms with Crippen LogP contribution in [-0.2, 0) is 4.79 Å². The number of rotatable bonds is 4. The van der Waals surface area contributed by atoms with E-state index in [-0.39, 0.29) is 11.5 Å². The molecule has 0 saturated heterocycles. The molecule has 1 aromatic heterocycles. The molecule has 0 saturated carbocycles. The largest absolute Gasteiger partial charge is 0.478 e. The fourth-order valence-electron chi connectivity index (χ4n) is 3.65. The first kappa shape index (κ1) is 19.9. The number of amides is 1. The van der Waals surface area contributed by atoms with E-state index >= 15 is 0 Å². The second-order valence-electron chi connectivity index (χ2n) is 7.23. The number of para-hydroxylation sites is 1. The first-order valence-electron chi connectivity index (χ1n) is 9.56. The molecule has 1 atom stereocenters. The van der Waals surface area contributed by atoms with Gasteiger partial charge in [-0.05, 0) is 43.2 Å². The van der Waals surface area contributed by atoms with Gasteiger partial charge in [0, 0.05) is 11.4 Å². The molecule has 1 aliphatic heterocycles. The summed E-state index contributed by atoms with van der Waals surface area (Å²) in [7, 11) is 0. The molecule has 8 nitrogen and oxygen atoms in total. The Hall–Kier alpha value is -4.38. The van der Waals surface area contributed by atoms with Gasteiger partial charge in [-0.2, -0.15) is 10.4 Å². The van der Waals surface area contributed by atoms with E-state index in [1.807, 2.05) is 31.2 Å². The highest BCUT2D eigenvalue weighted by Gasteiger charge is 2.34. The number of nitrogens with one attached hydrogen (secondary N) is 2. The molecule has 0 radical (unpaired) electrons. The fraction of sp³-hybridized carbons (Fsp3) is 0.130. The number of benzene rings is 2. The maximum atomic E-state index is 13.4. The van der Waals surface area contributed by atoms with Crippen molar-refractivity contribution in [3.63, 3.8) is 0 Å². The maximum Gasteiger partial charge on any atom is 0.335 e. The Kier molecular flexibility index (Phi) is 5.01. The van der Waals surface area contributed by atoms with Crippen molar-refractivity contribution in [2.24, 2.45) is 0 Å². The lowest BCUT2D eigenvalue weighted by molar-refractivity contribution is -0.113. The summed E-state index contributed by atoms with van der Waals surface area (Å²) >= 11 is 0. The van der Waals surface area contributed by atoms with Crippen molar-refractivity contribution in [1.82, 2.24) is 9.78 Å². The normalized spacial score (nSPS) is 14.9. The van der Waals surface area contributed by atoms with Gasteiger partial charge in [-0.15, -0.1) is 0 Å². The summed E-state index contributed by atoms with van der Waals surface area (Å²) in [5.74, 6) is -0.862. The minimum absolute atomic E-state index is 0.141. The molecule has 3 aromatic rings. The highest BCUT2D eigenvalue weighted by molar-refractivity contribution is 6.06. The van der Waals surface area contributed by atoms with Crippen molar-refractivity contribution in [3.8, 4) is 6.07 Å². The summed E-state index contributed by atoms with van der Waals surface area (Å²) in [4.78, 5) is 24.6. The van der Waals surface area contributed by atoms with E-state index in [9.17, 15) is 20.0 Å². The quantitative estimate of drug-likeness (QED) is 0.600. The van der Waals surface area contributed by atoms with Crippen LogP contribution in [0, 0.1) is 18.3 Å². The number of allylic oxidation sites excluding steroid dienone is 1. The van der Waals surface area contributed by atoms with Gasteiger partial charge < -0.3 is 15.7 Å². The zero-order chi connectivity index (χ0) is 22.1. The number of fused-ring (bicyclic) bond motifs is 1. The summed E-state index contributed by atoms with van der Waals surface area (Å²) in [6.45, 7) is 3.67. The smallest absolute Gasteiger partial charge is 0.335 e. The molecule has 1 amide bonds. The number of hydrogen-bond donors (Lipinski definition) is 3. The molecule has 0 bridgehead atoms. The number of hydrogen-bond acceptors (Lipinski definition) is 5. The van der Waals surface area contributed by atoms with E-state index in [4.69, 9.17) is 0 Å². The van der Waals surface area contributed by atoms with Gasteiger partial charge in [0.05, 0.1) is 17.3 Å². The molecule has 1 aliphatic rings. The number of carbonyl (C=O) groups is 2. The third-order valence-electron chi connectivity index (χ3n) is 5.26. The SMILES string of the molecule is CC1=C(C(=O)Nc2ccccc2C)[C@@H](c2ccc(C(=O)O)cc2)n2ncc(C#N)c2N1. The first-order chi connectivity index (χ1) is 14.9. The topological polar surface area (TPSA) is 120 Å². The molecular formula is C23H19N5O3. The average molecular weight is 413 g/mol. The lowest BCUT2D eigenvalue weighted by atomic mass is 9.93. The van der Waals surface area contributed by atoms with Crippen LogP contribution in [0.1, 0.15) is 40.0 Å². The molecule has 31 heavy (non-hydrogen) atoms. The number of anilines is 2. The summed E-state index contributed by atoms with van der Waals surface area (Å²) in [6, 6.07) is 15.2. The van der Waals surface area contributed by atoms with Gasteiger partial charge in [0.1, 0.15) is 23.5 Å². The lowest BCUT2D eigenvalue weighted by Gasteiger charge is -2.30. The minimum Gasteiger partial charge on any atom is -0.478 e. The Balaban J connectivity index is 1.81. The summed E-state index contributed by atoms with van der Waals surface area (Å²) in [5, 5.41) is 29.0. The van der Waals surface area contributed by atoms with Gasteiger partial charge in [-0.1, -0.05) is 30.3 Å². The Morgan fingerprint density at radius 2 is 1.87 bits per heavy atom. The predicted octanol–water partition coefficient (Wildman–Crippen LogP) is 3.69. The van der Waals surface area contributed by atoms with Crippen molar-refractivity contribution < 1.29 is 14.7 Å². The Labute approximate surface area is 178 Å². The van der Waals surface area contributed by atoms with E-state index in [2.05, 4.69) is 21.8 Å². The van der Waals surface area contributed by atoms with E-state index in [1.54, 1.807) is 23.7 Å². The highest BCUT2D eigenvalue weighted by atomic mass is 16.4. The first-order valence-corrected chi connectivity index (χ1v) is 9.56. The zero-order valence-electron chi connectivity index (χ0n) is 16.9. The molecule has 0 fully saturated rings. The summed E-state index contributed by atoms with van der Waals surface area (Å²) in [6.07, 6.45) is 1.44. The number of carboxylic acid groups (broad SMARTS) is 1. The second-order valence-corrected chi connectivity index (χ2v) is 7.23. The Morgan fingerprint density at radius 3 is 2.52 bits per heavy atom. The fourth-order valence-corrected chi connectivity index (χ4v) is 3.65. The van der Waals surface area contributed by atoms with Gasteiger partial charge in [0.25, 0.3) is 5.91 Å². The number of carbonyl (C=O) groups excluding carboxylic acids is 1. The third kappa shape index (κ3) is 3.53. The number of nitrogens with zero attached hydrogens (tertiary/aromatic N) is 3. The van der Waals surface area contributed by atoms with Crippen LogP contribution < -0.4 is 10.6 Å². The zero-order valence-corrected chi connectivity index (χ0v) is 16.9. The van der Waals surface area contributed by atoms with E-state index in [1.165, 1.54) is 18.3 Å². The maximum absolute atomic E-state index is 13.4. The van der Waals surface area contributed by atoms with E-state index in [0.29, 0.717) is 33.9 Å². The van der Waals surface area contributed by atoms with Crippen LogP contribution in [0.25, 0.3) is 0 Å². The van der Waals surface area contributed by atoms with Crippen LogP contribution in [0.4, 0.5) is 11.5 Å². The van der Waals surface area contributed by atoms with E-state index in [0.717, 1.165) is 5.56 Å². The molecule has 0 unspecified atom stereocenters.